The van der Waals surface area contributed by atoms with Crippen molar-refractivity contribution in [2.24, 2.45) is 5.73 Å². The topological polar surface area (TPSA) is 80.5 Å². The number of tetrazole rings is 1. The maximum absolute atomic E-state index is 5.70. The average molecular weight is 268 g/mol. The van der Waals surface area contributed by atoms with Crippen LogP contribution in [0.3, 0.4) is 0 Å². The van der Waals surface area contributed by atoms with Crippen LogP contribution >= 0.6 is 15.9 Å². The zero-order valence-electron chi connectivity index (χ0n) is 7.89. The average Bonchev–Trinajstić information content (AvgIpc) is 2.75. The summed E-state index contributed by atoms with van der Waals surface area (Å²) in [6.45, 7) is 0.459. The maximum atomic E-state index is 5.70. The third-order valence-corrected chi connectivity index (χ3v) is 2.71. The molecule has 15 heavy (non-hydrogen) atoms. The van der Waals surface area contributed by atoms with E-state index in [4.69, 9.17) is 5.73 Å². The molecule has 0 fully saturated rings. The number of aromatic nitrogens is 4. The van der Waals surface area contributed by atoms with Gasteiger partial charge in [-0.15, -0.1) is 10.2 Å². The Bertz CT molecular complexity index is 411. The van der Waals surface area contributed by atoms with Crippen molar-refractivity contribution in [1.29, 1.82) is 0 Å². The van der Waals surface area contributed by atoms with Crippen LogP contribution in [0.1, 0.15) is 17.3 Å². The van der Waals surface area contributed by atoms with E-state index < -0.39 is 0 Å². The second-order valence-electron chi connectivity index (χ2n) is 3.11. The minimum absolute atomic E-state index is 0.00292. The Morgan fingerprint density at radius 1 is 1.33 bits per heavy atom. The van der Waals surface area contributed by atoms with E-state index in [1.54, 1.807) is 0 Å². The largest absolute Gasteiger partial charge is 0.329 e. The summed E-state index contributed by atoms with van der Waals surface area (Å²) in [5, 5.41) is 13.9. The second kappa shape index (κ2) is 4.50. The molecule has 1 aromatic heterocycles. The molecule has 0 radical (unpaired) electrons. The summed E-state index contributed by atoms with van der Waals surface area (Å²) in [5.74, 6) is 0.622. The molecular weight excluding hydrogens is 258 g/mol. The highest BCUT2D eigenvalue weighted by Gasteiger charge is 2.16. The number of nitrogens with two attached hydrogens (primary N) is 1. The summed E-state index contributed by atoms with van der Waals surface area (Å²) >= 11 is 3.38. The van der Waals surface area contributed by atoms with Gasteiger partial charge in [0, 0.05) is 11.0 Å². The number of H-pyrrole nitrogens is 1. The summed E-state index contributed by atoms with van der Waals surface area (Å²) in [7, 11) is 0. The molecule has 6 heteroatoms. The van der Waals surface area contributed by atoms with Crippen LogP contribution in [-0.2, 0) is 0 Å². The van der Waals surface area contributed by atoms with Crippen molar-refractivity contribution in [1.82, 2.24) is 20.6 Å². The highest BCUT2D eigenvalue weighted by atomic mass is 79.9. The van der Waals surface area contributed by atoms with Gasteiger partial charge in [-0.05, 0) is 17.7 Å². The molecule has 1 aromatic carbocycles. The highest BCUT2D eigenvalue weighted by molar-refractivity contribution is 9.10. The lowest BCUT2D eigenvalue weighted by molar-refractivity contribution is 0.753. The van der Waals surface area contributed by atoms with Crippen molar-refractivity contribution in [3.05, 3.63) is 40.1 Å². The Hall–Kier alpha value is -1.27. The van der Waals surface area contributed by atoms with E-state index in [-0.39, 0.29) is 5.92 Å². The Balaban J connectivity index is 2.31. The molecule has 1 heterocycles. The van der Waals surface area contributed by atoms with E-state index in [1.807, 2.05) is 24.3 Å². The minimum atomic E-state index is -0.00292. The number of hydrogen-bond donors (Lipinski definition) is 2. The first-order valence-electron chi connectivity index (χ1n) is 4.50. The molecule has 0 saturated heterocycles. The summed E-state index contributed by atoms with van der Waals surface area (Å²) in [4.78, 5) is 0. The first kappa shape index (κ1) is 10.3. The van der Waals surface area contributed by atoms with Gasteiger partial charge in [-0.25, -0.2) is 0 Å². The normalized spacial score (nSPS) is 12.7. The molecule has 0 aliphatic rings. The molecule has 78 valence electrons. The van der Waals surface area contributed by atoms with Gasteiger partial charge in [0.05, 0.1) is 5.92 Å². The maximum Gasteiger partial charge on any atom is 0.183 e. The first-order valence-corrected chi connectivity index (χ1v) is 5.29. The Kier molecular flexibility index (Phi) is 3.08. The van der Waals surface area contributed by atoms with Gasteiger partial charge in [-0.3, -0.25) is 0 Å². The van der Waals surface area contributed by atoms with Crippen molar-refractivity contribution in [3.63, 3.8) is 0 Å². The lowest BCUT2D eigenvalue weighted by Gasteiger charge is -2.10. The molecule has 3 N–H and O–H groups in total. The molecule has 2 aromatic rings. The number of halogens is 1. The lowest BCUT2D eigenvalue weighted by Crippen LogP contribution is -2.15. The highest BCUT2D eigenvalue weighted by Crippen LogP contribution is 2.21. The van der Waals surface area contributed by atoms with Crippen LogP contribution in [0.4, 0.5) is 0 Å². The van der Waals surface area contributed by atoms with Crippen molar-refractivity contribution in [2.45, 2.75) is 5.92 Å². The van der Waals surface area contributed by atoms with E-state index in [0.29, 0.717) is 12.4 Å². The van der Waals surface area contributed by atoms with Crippen molar-refractivity contribution >= 4 is 15.9 Å². The van der Waals surface area contributed by atoms with Crippen molar-refractivity contribution < 1.29 is 0 Å². The van der Waals surface area contributed by atoms with Crippen LogP contribution in [0.25, 0.3) is 0 Å². The van der Waals surface area contributed by atoms with Gasteiger partial charge in [0.25, 0.3) is 0 Å². The zero-order chi connectivity index (χ0) is 10.7. The fourth-order valence-electron chi connectivity index (χ4n) is 1.40. The fraction of sp³-hybridized carbons (Fsp3) is 0.222. The summed E-state index contributed by atoms with van der Waals surface area (Å²) in [6.07, 6.45) is 0. The Morgan fingerprint density at radius 2 is 2.07 bits per heavy atom. The Morgan fingerprint density at radius 3 is 2.60 bits per heavy atom. The SMILES string of the molecule is NCC(c1ccc(Br)cc1)c1nn[nH]n1. The Labute approximate surface area is 95.2 Å². The molecule has 0 amide bonds. The smallest absolute Gasteiger partial charge is 0.183 e. The van der Waals surface area contributed by atoms with Gasteiger partial charge >= 0.3 is 0 Å². The van der Waals surface area contributed by atoms with Crippen LogP contribution in [0.2, 0.25) is 0 Å². The van der Waals surface area contributed by atoms with Crippen molar-refractivity contribution in [3.8, 4) is 0 Å². The third kappa shape index (κ3) is 2.21. The number of hydrogen-bond acceptors (Lipinski definition) is 4. The summed E-state index contributed by atoms with van der Waals surface area (Å²) in [5.41, 5.74) is 6.79. The second-order valence-corrected chi connectivity index (χ2v) is 4.03. The predicted octanol–water partition coefficient (Wildman–Crippen LogP) is 1.05. The molecule has 0 aliphatic carbocycles. The molecular formula is C9H10BrN5. The molecule has 5 nitrogen and oxygen atoms in total. The zero-order valence-corrected chi connectivity index (χ0v) is 9.48. The van der Waals surface area contributed by atoms with E-state index in [0.717, 1.165) is 10.0 Å². The molecule has 0 bridgehead atoms. The standard InChI is InChI=1S/C9H10BrN5/c10-7-3-1-6(2-4-7)8(5-11)9-12-14-15-13-9/h1-4,8H,5,11H2,(H,12,13,14,15). The number of nitrogens with zero attached hydrogens (tertiary/aromatic N) is 3. The van der Waals surface area contributed by atoms with Gasteiger partial charge < -0.3 is 5.73 Å². The molecule has 0 aliphatic heterocycles. The van der Waals surface area contributed by atoms with Gasteiger partial charge in [0.2, 0.25) is 0 Å². The van der Waals surface area contributed by atoms with Gasteiger partial charge in [0.1, 0.15) is 0 Å². The van der Waals surface area contributed by atoms with Gasteiger partial charge in [0.15, 0.2) is 5.82 Å². The fourth-order valence-corrected chi connectivity index (χ4v) is 1.67. The van der Waals surface area contributed by atoms with Gasteiger partial charge in [-0.1, -0.05) is 33.3 Å². The van der Waals surface area contributed by atoms with E-state index in [9.17, 15) is 0 Å². The molecule has 0 saturated carbocycles. The number of benzene rings is 1. The van der Waals surface area contributed by atoms with Crippen LogP contribution in [-0.4, -0.2) is 27.2 Å². The predicted molar refractivity (Wildman–Crippen MR) is 59.2 cm³/mol. The number of aromatic amines is 1. The first-order chi connectivity index (χ1) is 7.31. The molecule has 2 rings (SSSR count). The summed E-state index contributed by atoms with van der Waals surface area (Å²) in [6, 6.07) is 7.94. The van der Waals surface area contributed by atoms with Crippen molar-refractivity contribution in [2.75, 3.05) is 6.54 Å². The summed E-state index contributed by atoms with van der Waals surface area (Å²) < 4.78 is 1.04. The third-order valence-electron chi connectivity index (χ3n) is 2.18. The van der Waals surface area contributed by atoms with Crippen LogP contribution in [0, 0.1) is 0 Å². The molecule has 0 spiro atoms. The molecule has 1 unspecified atom stereocenters. The molecule has 1 atom stereocenters. The quantitative estimate of drug-likeness (QED) is 0.872. The number of rotatable bonds is 3. The minimum Gasteiger partial charge on any atom is -0.329 e. The van der Waals surface area contributed by atoms with Crippen LogP contribution in [0.15, 0.2) is 28.7 Å². The number of nitrogens with one attached hydrogen (secondary N) is 1. The van der Waals surface area contributed by atoms with Crippen LogP contribution < -0.4 is 5.73 Å². The monoisotopic (exact) mass is 267 g/mol. The van der Waals surface area contributed by atoms with Crippen LogP contribution in [0.5, 0.6) is 0 Å². The lowest BCUT2D eigenvalue weighted by atomic mass is 9.99. The van der Waals surface area contributed by atoms with Gasteiger partial charge in [-0.2, -0.15) is 5.21 Å². The van der Waals surface area contributed by atoms with E-state index in [2.05, 4.69) is 36.6 Å². The van der Waals surface area contributed by atoms with E-state index in [1.165, 1.54) is 0 Å². The van der Waals surface area contributed by atoms with E-state index >= 15 is 0 Å².